The quantitative estimate of drug-likeness (QED) is 0.317. The lowest BCUT2D eigenvalue weighted by Gasteiger charge is -2.08. The summed E-state index contributed by atoms with van der Waals surface area (Å²) in [4.78, 5) is 23.2. The fourth-order valence-electron chi connectivity index (χ4n) is 2.09. The number of amides is 1. The fraction of sp³-hybridized carbons (Fsp3) is 0.0526. The maximum atomic E-state index is 11.8. The molecule has 2 aromatic carbocycles. The number of benzene rings is 2. The highest BCUT2D eigenvalue weighted by Gasteiger charge is 2.25. The van der Waals surface area contributed by atoms with Gasteiger partial charge in [0.2, 0.25) is 0 Å². The Labute approximate surface area is 173 Å². The number of thioether (sulfide) groups is 1. The number of esters is 1. The van der Waals surface area contributed by atoms with Gasteiger partial charge in [0, 0.05) is 16.1 Å². The maximum Gasteiger partial charge on any atom is 0.331 e. The lowest BCUT2D eigenvalue weighted by Crippen LogP contribution is -2.19. The third-order valence-electron chi connectivity index (χ3n) is 3.41. The summed E-state index contributed by atoms with van der Waals surface area (Å²) >= 11 is 4.39. The fourth-order valence-corrected chi connectivity index (χ4v) is 3.10. The number of amidine groups is 1. The summed E-state index contributed by atoms with van der Waals surface area (Å²) in [5.74, 6) is 0.263. The molecule has 0 unspecified atom stereocenters. The molecule has 1 amide bonds. The van der Waals surface area contributed by atoms with Crippen molar-refractivity contribution in [2.45, 2.75) is 0 Å². The molecule has 1 aliphatic rings. The van der Waals surface area contributed by atoms with Gasteiger partial charge in [0.15, 0.2) is 5.17 Å². The number of carbonyl (C=O) groups is 2. The van der Waals surface area contributed by atoms with E-state index in [0.29, 0.717) is 11.5 Å². The molecular weight excluding hydrogens is 446 g/mol. The molecule has 0 bridgehead atoms. The van der Waals surface area contributed by atoms with Crippen molar-refractivity contribution in [3.05, 3.63) is 69.5 Å². The highest BCUT2D eigenvalue weighted by Crippen LogP contribution is 2.26. The van der Waals surface area contributed by atoms with Crippen LogP contribution in [0.1, 0.15) is 5.56 Å². The van der Waals surface area contributed by atoms with Crippen LogP contribution in [0.5, 0.6) is 11.5 Å². The number of ether oxygens (including phenoxy) is 2. The molecule has 3 rings (SSSR count). The van der Waals surface area contributed by atoms with Crippen molar-refractivity contribution in [3.63, 3.8) is 0 Å². The normalized spacial score (nSPS) is 16.6. The van der Waals surface area contributed by atoms with Crippen LogP contribution >= 0.6 is 27.7 Å². The van der Waals surface area contributed by atoms with E-state index in [4.69, 9.17) is 4.74 Å². The van der Waals surface area contributed by atoms with Crippen LogP contribution in [0, 0.1) is 0 Å². The van der Waals surface area contributed by atoms with Gasteiger partial charge in [-0.1, -0.05) is 28.1 Å². The molecule has 0 atom stereocenters. The van der Waals surface area contributed by atoms with Crippen LogP contribution in [0.15, 0.2) is 74.2 Å². The molecule has 0 aliphatic carbocycles. The number of hydrogen-bond acceptors (Lipinski definition) is 7. The monoisotopic (exact) mass is 459 g/mol. The summed E-state index contributed by atoms with van der Waals surface area (Å²) in [7, 11) is 1.24. The van der Waals surface area contributed by atoms with Crippen LogP contribution in [0.4, 0.5) is 0 Å². The minimum Gasteiger partial charge on any atom is -0.466 e. The molecule has 2 aromatic rings. The van der Waals surface area contributed by atoms with Gasteiger partial charge in [0.05, 0.1) is 18.2 Å². The maximum absolute atomic E-state index is 11.8. The topological polar surface area (TPSA) is 89.3 Å². The Morgan fingerprint density at radius 1 is 1.18 bits per heavy atom. The SMILES string of the molecule is COC(=O)/C=C1/S/C(=N\N=Cc2ccccc2Oc2ccc(Br)cc2)NC1=O. The molecule has 9 heteroatoms. The zero-order chi connectivity index (χ0) is 19.9. The molecule has 0 radical (unpaired) electrons. The van der Waals surface area contributed by atoms with E-state index in [-0.39, 0.29) is 10.1 Å². The molecule has 142 valence electrons. The number of para-hydroxylation sites is 1. The first-order chi connectivity index (χ1) is 13.5. The first-order valence-electron chi connectivity index (χ1n) is 7.97. The Hall–Kier alpha value is -2.91. The van der Waals surface area contributed by atoms with E-state index >= 15 is 0 Å². The first-order valence-corrected chi connectivity index (χ1v) is 9.58. The van der Waals surface area contributed by atoms with Crippen molar-refractivity contribution in [1.82, 2.24) is 5.32 Å². The van der Waals surface area contributed by atoms with Crippen molar-refractivity contribution in [1.29, 1.82) is 0 Å². The van der Waals surface area contributed by atoms with Crippen LogP contribution in [0.3, 0.4) is 0 Å². The summed E-state index contributed by atoms with van der Waals surface area (Å²) in [5.41, 5.74) is 0.717. The highest BCUT2D eigenvalue weighted by atomic mass is 79.9. The molecule has 28 heavy (non-hydrogen) atoms. The predicted molar refractivity (Wildman–Crippen MR) is 112 cm³/mol. The summed E-state index contributed by atoms with van der Waals surface area (Å²) < 4.78 is 11.4. The highest BCUT2D eigenvalue weighted by molar-refractivity contribution is 9.10. The van der Waals surface area contributed by atoms with Crippen LogP contribution in [0.2, 0.25) is 0 Å². The molecule has 0 spiro atoms. The molecule has 0 aromatic heterocycles. The summed E-state index contributed by atoms with van der Waals surface area (Å²) in [6.45, 7) is 0. The number of methoxy groups -OCH3 is 1. The zero-order valence-electron chi connectivity index (χ0n) is 14.6. The van der Waals surface area contributed by atoms with Gasteiger partial charge in [-0.15, -0.1) is 5.10 Å². The number of hydrogen-bond donors (Lipinski definition) is 1. The summed E-state index contributed by atoms with van der Waals surface area (Å²) in [6.07, 6.45) is 2.63. The third kappa shape index (κ3) is 5.30. The lowest BCUT2D eigenvalue weighted by molar-refractivity contribution is -0.135. The first kappa shape index (κ1) is 19.8. The van der Waals surface area contributed by atoms with E-state index in [2.05, 4.69) is 36.2 Å². The van der Waals surface area contributed by atoms with Crippen molar-refractivity contribution < 1.29 is 19.1 Å². The minimum atomic E-state index is -0.610. The van der Waals surface area contributed by atoms with Gasteiger partial charge < -0.3 is 9.47 Å². The van der Waals surface area contributed by atoms with E-state index in [9.17, 15) is 9.59 Å². The standard InChI is InChI=1S/C19H14BrN3O4S/c1-26-17(24)10-16-18(25)22-19(28-16)23-21-11-12-4-2-3-5-15(12)27-14-8-6-13(20)7-9-14/h2-11H,1H3,(H,22,23,25)/b16-10+,21-11?. The molecule has 1 fully saturated rings. The van der Waals surface area contributed by atoms with Gasteiger partial charge in [-0.05, 0) is 48.2 Å². The number of nitrogens with one attached hydrogen (secondary N) is 1. The van der Waals surface area contributed by atoms with E-state index in [1.807, 2.05) is 48.5 Å². The van der Waals surface area contributed by atoms with Crippen LogP contribution in [-0.2, 0) is 14.3 Å². The Morgan fingerprint density at radius 2 is 1.93 bits per heavy atom. The van der Waals surface area contributed by atoms with Gasteiger partial charge in [-0.3, -0.25) is 10.1 Å². The van der Waals surface area contributed by atoms with Crippen LogP contribution in [-0.4, -0.2) is 30.4 Å². The van der Waals surface area contributed by atoms with Gasteiger partial charge in [0.1, 0.15) is 11.5 Å². The molecule has 7 nitrogen and oxygen atoms in total. The molecule has 1 saturated heterocycles. The largest absolute Gasteiger partial charge is 0.466 e. The summed E-state index contributed by atoms with van der Waals surface area (Å²) in [6, 6.07) is 14.8. The average Bonchev–Trinajstić information content (AvgIpc) is 3.04. The second kappa shape index (κ2) is 9.34. The Kier molecular flexibility index (Phi) is 6.62. The van der Waals surface area contributed by atoms with Gasteiger partial charge in [-0.2, -0.15) is 5.10 Å². The lowest BCUT2D eigenvalue weighted by atomic mass is 10.2. The third-order valence-corrected chi connectivity index (χ3v) is 4.84. The van der Waals surface area contributed by atoms with E-state index < -0.39 is 11.9 Å². The smallest absolute Gasteiger partial charge is 0.331 e. The molecule has 1 N–H and O–H groups in total. The minimum absolute atomic E-state index is 0.194. The number of nitrogens with zero attached hydrogens (tertiary/aromatic N) is 2. The number of rotatable bonds is 5. The van der Waals surface area contributed by atoms with Crippen LogP contribution < -0.4 is 10.1 Å². The van der Waals surface area contributed by atoms with E-state index in [1.54, 1.807) is 0 Å². The van der Waals surface area contributed by atoms with Crippen molar-refractivity contribution in [3.8, 4) is 11.5 Å². The number of carbonyl (C=O) groups excluding carboxylic acids is 2. The van der Waals surface area contributed by atoms with Crippen molar-refractivity contribution >= 4 is 51.0 Å². The van der Waals surface area contributed by atoms with E-state index in [1.165, 1.54) is 13.3 Å². The van der Waals surface area contributed by atoms with E-state index in [0.717, 1.165) is 27.9 Å². The Balaban J connectivity index is 1.72. The van der Waals surface area contributed by atoms with Crippen LogP contribution in [0.25, 0.3) is 0 Å². The molecular formula is C19H14BrN3O4S. The molecule has 1 heterocycles. The van der Waals surface area contributed by atoms with Gasteiger partial charge in [-0.25, -0.2) is 4.79 Å². The molecule has 0 saturated carbocycles. The number of halogens is 1. The molecule has 1 aliphatic heterocycles. The Morgan fingerprint density at radius 3 is 2.68 bits per heavy atom. The van der Waals surface area contributed by atoms with Crippen molar-refractivity contribution in [2.24, 2.45) is 10.2 Å². The second-order valence-electron chi connectivity index (χ2n) is 5.33. The average molecular weight is 460 g/mol. The van der Waals surface area contributed by atoms with Gasteiger partial charge >= 0.3 is 5.97 Å². The Bertz CT molecular complexity index is 987. The van der Waals surface area contributed by atoms with Gasteiger partial charge in [0.25, 0.3) is 5.91 Å². The van der Waals surface area contributed by atoms with Crippen molar-refractivity contribution in [2.75, 3.05) is 7.11 Å². The summed E-state index contributed by atoms with van der Waals surface area (Å²) in [5, 5.41) is 10.8. The second-order valence-corrected chi connectivity index (χ2v) is 7.28. The zero-order valence-corrected chi connectivity index (χ0v) is 17.0. The predicted octanol–water partition coefficient (Wildman–Crippen LogP) is 3.85.